The molecule has 0 radical (unpaired) electrons. The Morgan fingerprint density at radius 3 is 2.58 bits per heavy atom. The number of H-pyrrole nitrogens is 1. The molecule has 0 saturated carbocycles. The number of nitrogens with one attached hydrogen (secondary N) is 1. The van der Waals surface area contributed by atoms with Crippen LogP contribution in [-0.2, 0) is 17.9 Å². The molecule has 0 atom stereocenters. The lowest BCUT2D eigenvalue weighted by Crippen LogP contribution is -2.42. The van der Waals surface area contributed by atoms with E-state index in [1.807, 2.05) is 37.3 Å². The number of aromatic nitrogens is 2. The van der Waals surface area contributed by atoms with Crippen LogP contribution in [0.15, 0.2) is 39.9 Å². The number of unbranched alkanes of at least 4 members (excludes halogenated alkanes) is 1. The van der Waals surface area contributed by atoms with Gasteiger partial charge in [0.25, 0.3) is 10.8 Å². The molecule has 166 valence electrons. The van der Waals surface area contributed by atoms with Gasteiger partial charge in [0, 0.05) is 31.8 Å². The molecule has 3 N–H and O–H groups in total. The first-order valence-corrected chi connectivity index (χ1v) is 11.3. The van der Waals surface area contributed by atoms with Gasteiger partial charge < -0.3 is 15.5 Å². The van der Waals surface area contributed by atoms with Crippen molar-refractivity contribution in [2.24, 2.45) is 0 Å². The van der Waals surface area contributed by atoms with E-state index >= 15 is 0 Å². The Labute approximate surface area is 184 Å². The third-order valence-electron chi connectivity index (χ3n) is 5.14. The fraction of sp³-hybridized carbons (Fsp3) is 0.429. The number of hydrogen-bond acceptors (Lipinski definition) is 6. The number of aromatic amines is 1. The first-order valence-electron chi connectivity index (χ1n) is 10.3. The number of nitrogens with two attached hydrogens (primary N) is 1. The molecule has 1 aromatic heterocycles. The van der Waals surface area contributed by atoms with Crippen LogP contribution in [0.4, 0.5) is 16.3 Å². The highest BCUT2D eigenvalue weighted by molar-refractivity contribution is 8.13. The van der Waals surface area contributed by atoms with Gasteiger partial charge in [0.05, 0.1) is 6.54 Å². The number of carbonyl (C=O) groups is 2. The van der Waals surface area contributed by atoms with Crippen LogP contribution in [0.2, 0.25) is 0 Å². The van der Waals surface area contributed by atoms with Gasteiger partial charge in [0.15, 0.2) is 5.69 Å². The summed E-state index contributed by atoms with van der Waals surface area (Å²) in [5.74, 6) is 0.334. The fourth-order valence-electron chi connectivity index (χ4n) is 3.43. The van der Waals surface area contributed by atoms with Crippen LogP contribution in [0.1, 0.15) is 31.7 Å². The van der Waals surface area contributed by atoms with Crippen LogP contribution in [0.3, 0.4) is 0 Å². The molecular formula is C21H27N5O4S. The van der Waals surface area contributed by atoms with Crippen LogP contribution in [0.5, 0.6) is 0 Å². The van der Waals surface area contributed by atoms with Gasteiger partial charge in [0.1, 0.15) is 5.82 Å². The second-order valence-corrected chi connectivity index (χ2v) is 8.36. The standard InChI is InChI=1S/C21H27N5O4S/c1-2-3-10-25-18(22)17(19(28)23-20(25)29)26(14-15-7-5-4-6-8-15)16(27)9-11-24-12-13-31-21(24)30/h4-8H,2-3,9-14,22H2,1H3,(H,23,28,29). The van der Waals surface area contributed by atoms with Crippen molar-refractivity contribution < 1.29 is 9.59 Å². The second kappa shape index (κ2) is 10.3. The Kier molecular flexibility index (Phi) is 7.56. The largest absolute Gasteiger partial charge is 0.383 e. The summed E-state index contributed by atoms with van der Waals surface area (Å²) in [6.07, 6.45) is 1.60. The molecule has 1 aliphatic heterocycles. The Bertz CT molecular complexity index is 1050. The SMILES string of the molecule is CCCCn1c(N)c(N(Cc2ccccc2)C(=O)CCN2CCSC2=O)c(=O)[nH]c1=O. The van der Waals surface area contributed by atoms with Crippen molar-refractivity contribution in [2.75, 3.05) is 29.5 Å². The maximum absolute atomic E-state index is 13.2. The Hall–Kier alpha value is -3.01. The lowest BCUT2D eigenvalue weighted by Gasteiger charge is -2.25. The van der Waals surface area contributed by atoms with Crippen LogP contribution in [-0.4, -0.2) is 44.4 Å². The zero-order valence-corrected chi connectivity index (χ0v) is 18.3. The number of benzene rings is 1. The maximum Gasteiger partial charge on any atom is 0.330 e. The molecule has 9 nitrogen and oxygen atoms in total. The molecule has 2 amide bonds. The van der Waals surface area contributed by atoms with E-state index in [0.717, 1.165) is 12.0 Å². The minimum absolute atomic E-state index is 0.0284. The molecular weight excluding hydrogens is 418 g/mol. The van der Waals surface area contributed by atoms with Crippen molar-refractivity contribution in [2.45, 2.75) is 39.3 Å². The molecule has 2 heterocycles. The predicted molar refractivity (Wildman–Crippen MR) is 122 cm³/mol. The zero-order chi connectivity index (χ0) is 22.4. The van der Waals surface area contributed by atoms with Gasteiger partial charge >= 0.3 is 5.69 Å². The molecule has 0 spiro atoms. The first kappa shape index (κ1) is 22.7. The molecule has 0 unspecified atom stereocenters. The fourth-order valence-corrected chi connectivity index (χ4v) is 4.28. The van der Waals surface area contributed by atoms with E-state index < -0.39 is 11.2 Å². The Morgan fingerprint density at radius 2 is 1.94 bits per heavy atom. The molecule has 2 aromatic rings. The van der Waals surface area contributed by atoms with Crippen LogP contribution >= 0.6 is 11.8 Å². The molecule has 1 aromatic carbocycles. The molecule has 1 saturated heterocycles. The van der Waals surface area contributed by atoms with Crippen molar-refractivity contribution in [3.63, 3.8) is 0 Å². The van der Waals surface area contributed by atoms with E-state index in [1.54, 1.807) is 4.90 Å². The van der Waals surface area contributed by atoms with Crippen molar-refractivity contribution in [1.29, 1.82) is 0 Å². The minimum atomic E-state index is -0.702. The highest BCUT2D eigenvalue weighted by Crippen LogP contribution is 2.22. The molecule has 1 aliphatic rings. The molecule has 0 aliphatic carbocycles. The zero-order valence-electron chi connectivity index (χ0n) is 17.5. The van der Waals surface area contributed by atoms with E-state index in [9.17, 15) is 19.2 Å². The molecule has 1 fully saturated rings. The number of nitrogens with zero attached hydrogens (tertiary/aromatic N) is 3. The van der Waals surface area contributed by atoms with E-state index in [1.165, 1.54) is 21.2 Å². The summed E-state index contributed by atoms with van der Waals surface area (Å²) in [5.41, 5.74) is 5.73. The Morgan fingerprint density at radius 1 is 1.19 bits per heavy atom. The van der Waals surface area contributed by atoms with Gasteiger partial charge in [-0.25, -0.2) is 4.79 Å². The number of rotatable bonds is 9. The summed E-state index contributed by atoms with van der Waals surface area (Å²) in [6.45, 7) is 3.32. The molecule has 10 heteroatoms. The van der Waals surface area contributed by atoms with Crippen LogP contribution in [0, 0.1) is 0 Å². The highest BCUT2D eigenvalue weighted by atomic mass is 32.2. The smallest absolute Gasteiger partial charge is 0.330 e. The summed E-state index contributed by atoms with van der Waals surface area (Å²) in [6, 6.07) is 9.23. The summed E-state index contributed by atoms with van der Waals surface area (Å²) >= 11 is 1.23. The average Bonchev–Trinajstić information content (AvgIpc) is 3.16. The maximum atomic E-state index is 13.2. The number of thioether (sulfide) groups is 1. The van der Waals surface area contributed by atoms with Crippen molar-refractivity contribution >= 4 is 34.4 Å². The topological polar surface area (TPSA) is 121 Å². The normalized spacial score (nSPS) is 13.6. The summed E-state index contributed by atoms with van der Waals surface area (Å²) in [5, 5.41) is -0.0483. The lowest BCUT2D eigenvalue weighted by molar-refractivity contribution is -0.118. The van der Waals surface area contributed by atoms with Crippen molar-refractivity contribution in [1.82, 2.24) is 14.5 Å². The van der Waals surface area contributed by atoms with Crippen LogP contribution in [0.25, 0.3) is 0 Å². The van der Waals surface area contributed by atoms with Gasteiger partial charge in [-0.3, -0.25) is 23.9 Å². The summed E-state index contributed by atoms with van der Waals surface area (Å²) in [7, 11) is 0. The summed E-state index contributed by atoms with van der Waals surface area (Å²) < 4.78 is 1.30. The van der Waals surface area contributed by atoms with Crippen molar-refractivity contribution in [3.8, 4) is 0 Å². The molecule has 3 rings (SSSR count). The number of nitrogen functional groups attached to an aromatic ring is 1. The highest BCUT2D eigenvalue weighted by Gasteiger charge is 2.27. The van der Waals surface area contributed by atoms with Gasteiger partial charge in [0.2, 0.25) is 5.91 Å². The third kappa shape index (κ3) is 5.38. The first-order chi connectivity index (χ1) is 14.9. The number of hydrogen-bond donors (Lipinski definition) is 2. The average molecular weight is 446 g/mol. The number of anilines is 2. The van der Waals surface area contributed by atoms with E-state index in [0.29, 0.717) is 25.3 Å². The van der Waals surface area contributed by atoms with Gasteiger partial charge in [-0.1, -0.05) is 55.4 Å². The minimum Gasteiger partial charge on any atom is -0.383 e. The third-order valence-corrected chi connectivity index (χ3v) is 6.04. The molecule has 31 heavy (non-hydrogen) atoms. The summed E-state index contributed by atoms with van der Waals surface area (Å²) in [4.78, 5) is 55.3. The van der Waals surface area contributed by atoms with Gasteiger partial charge in [-0.2, -0.15) is 0 Å². The lowest BCUT2D eigenvalue weighted by atomic mass is 10.2. The number of carbonyl (C=O) groups excluding carboxylic acids is 2. The van der Waals surface area contributed by atoms with E-state index in [4.69, 9.17) is 5.73 Å². The van der Waals surface area contributed by atoms with E-state index in [-0.39, 0.29) is 42.2 Å². The predicted octanol–water partition coefficient (Wildman–Crippen LogP) is 2.01. The van der Waals surface area contributed by atoms with E-state index in [2.05, 4.69) is 4.98 Å². The van der Waals surface area contributed by atoms with Crippen molar-refractivity contribution in [3.05, 3.63) is 56.7 Å². The monoisotopic (exact) mass is 445 g/mol. The second-order valence-electron chi connectivity index (χ2n) is 7.32. The quantitative estimate of drug-likeness (QED) is 0.609. The Balaban J connectivity index is 1.95. The molecule has 0 bridgehead atoms. The number of amides is 2. The van der Waals surface area contributed by atoms with Crippen LogP contribution < -0.4 is 21.9 Å². The van der Waals surface area contributed by atoms with Gasteiger partial charge in [-0.05, 0) is 12.0 Å². The van der Waals surface area contributed by atoms with Gasteiger partial charge in [-0.15, -0.1) is 0 Å².